The number of hydrogen-bond donors (Lipinski definition) is 6. The highest BCUT2D eigenvalue weighted by Crippen LogP contribution is 2.16. The van der Waals surface area contributed by atoms with Gasteiger partial charge in [-0.3, -0.25) is 0 Å². The molecule has 4 atom stereocenters. The van der Waals surface area contributed by atoms with Gasteiger partial charge in [-0.15, -0.1) is 0 Å². The number of amides is 3. The molecule has 180 valence electrons. The summed E-state index contributed by atoms with van der Waals surface area (Å²) in [5, 5.41) is 34.8. The Hall–Kier alpha value is -2.31. The molecule has 12 heteroatoms. The Morgan fingerprint density at radius 1 is 0.871 bits per heavy atom. The first-order chi connectivity index (χ1) is 14.1. The Kier molecular flexibility index (Phi) is 9.33. The van der Waals surface area contributed by atoms with Crippen molar-refractivity contribution in [2.45, 2.75) is 77.0 Å². The average molecular weight is 449 g/mol. The van der Waals surface area contributed by atoms with Gasteiger partial charge in [-0.1, -0.05) is 0 Å². The predicted molar refractivity (Wildman–Crippen MR) is 111 cm³/mol. The van der Waals surface area contributed by atoms with Crippen molar-refractivity contribution in [2.24, 2.45) is 0 Å². The Morgan fingerprint density at radius 3 is 1.90 bits per heavy atom. The number of aliphatic hydroxyl groups is 2. The SMILES string of the molecule is CC(C)(C)OC(=O)NC1CN(C(=O)OC(C)(C)C)CC1O.O=C(O)NC1CNCC1O. The van der Waals surface area contributed by atoms with Gasteiger partial charge in [0, 0.05) is 19.6 Å². The van der Waals surface area contributed by atoms with Crippen molar-refractivity contribution < 1.29 is 39.2 Å². The van der Waals surface area contributed by atoms with E-state index in [2.05, 4.69) is 16.0 Å². The van der Waals surface area contributed by atoms with Crippen LogP contribution in [0.4, 0.5) is 14.4 Å². The first kappa shape index (κ1) is 26.7. The van der Waals surface area contributed by atoms with Crippen LogP contribution in [-0.4, -0.2) is 100 Å². The van der Waals surface area contributed by atoms with Gasteiger partial charge in [0.1, 0.15) is 11.2 Å². The lowest BCUT2D eigenvalue weighted by Crippen LogP contribution is -2.45. The molecular formula is C19H36N4O8. The topological polar surface area (TPSA) is 170 Å². The number of carboxylic acid groups (broad SMARTS) is 1. The second kappa shape index (κ2) is 10.8. The first-order valence-corrected chi connectivity index (χ1v) is 10.1. The lowest BCUT2D eigenvalue weighted by atomic mass is 10.2. The molecule has 2 aliphatic rings. The van der Waals surface area contributed by atoms with Crippen molar-refractivity contribution in [3.63, 3.8) is 0 Å². The molecule has 6 N–H and O–H groups in total. The molecule has 2 aliphatic heterocycles. The molecule has 12 nitrogen and oxygen atoms in total. The van der Waals surface area contributed by atoms with E-state index in [1.807, 2.05) is 0 Å². The summed E-state index contributed by atoms with van der Waals surface area (Å²) in [7, 11) is 0. The van der Waals surface area contributed by atoms with Crippen LogP contribution < -0.4 is 16.0 Å². The molecule has 0 bridgehead atoms. The number of nitrogens with zero attached hydrogens (tertiary/aromatic N) is 1. The van der Waals surface area contributed by atoms with Crippen molar-refractivity contribution in [3.8, 4) is 0 Å². The van der Waals surface area contributed by atoms with Gasteiger partial charge in [-0.2, -0.15) is 0 Å². The molecular weight excluding hydrogens is 412 g/mol. The van der Waals surface area contributed by atoms with E-state index < -0.39 is 47.7 Å². The zero-order chi connectivity index (χ0) is 24.0. The maximum Gasteiger partial charge on any atom is 0.410 e. The molecule has 2 heterocycles. The van der Waals surface area contributed by atoms with Gasteiger partial charge < -0.3 is 45.6 Å². The van der Waals surface area contributed by atoms with E-state index in [4.69, 9.17) is 19.7 Å². The third-order valence-electron chi connectivity index (χ3n) is 4.13. The van der Waals surface area contributed by atoms with Crippen LogP contribution >= 0.6 is 0 Å². The lowest BCUT2D eigenvalue weighted by Gasteiger charge is -2.24. The van der Waals surface area contributed by atoms with Gasteiger partial charge in [0.2, 0.25) is 0 Å². The molecule has 0 aliphatic carbocycles. The highest BCUT2D eigenvalue weighted by Gasteiger charge is 2.37. The minimum Gasteiger partial charge on any atom is -0.465 e. The van der Waals surface area contributed by atoms with Crippen LogP contribution in [0.2, 0.25) is 0 Å². The van der Waals surface area contributed by atoms with Crippen LogP contribution in [0.3, 0.4) is 0 Å². The third-order valence-corrected chi connectivity index (χ3v) is 4.13. The number of hydrogen-bond acceptors (Lipinski definition) is 8. The smallest absolute Gasteiger partial charge is 0.410 e. The summed E-state index contributed by atoms with van der Waals surface area (Å²) >= 11 is 0. The summed E-state index contributed by atoms with van der Waals surface area (Å²) in [4.78, 5) is 35.0. The van der Waals surface area contributed by atoms with Crippen LogP contribution in [-0.2, 0) is 9.47 Å². The molecule has 0 aromatic rings. The Balaban J connectivity index is 0.000000399. The minimum atomic E-state index is -1.09. The quantitative estimate of drug-likeness (QED) is 0.342. The molecule has 3 amide bonds. The number of aliphatic hydroxyl groups excluding tert-OH is 2. The van der Waals surface area contributed by atoms with Crippen LogP contribution in [0, 0.1) is 0 Å². The van der Waals surface area contributed by atoms with E-state index in [1.165, 1.54) is 4.90 Å². The maximum atomic E-state index is 11.9. The molecule has 2 saturated heterocycles. The lowest BCUT2D eigenvalue weighted by molar-refractivity contribution is 0.0268. The minimum absolute atomic E-state index is 0.120. The van der Waals surface area contributed by atoms with E-state index >= 15 is 0 Å². The molecule has 0 radical (unpaired) electrons. The molecule has 0 spiro atoms. The summed E-state index contributed by atoms with van der Waals surface area (Å²) in [6, 6.07) is -0.912. The molecule has 31 heavy (non-hydrogen) atoms. The van der Waals surface area contributed by atoms with Crippen LogP contribution in [0.5, 0.6) is 0 Å². The van der Waals surface area contributed by atoms with Crippen molar-refractivity contribution in [1.82, 2.24) is 20.9 Å². The van der Waals surface area contributed by atoms with Crippen LogP contribution in [0.15, 0.2) is 0 Å². The number of rotatable bonds is 2. The van der Waals surface area contributed by atoms with E-state index in [-0.39, 0.29) is 19.1 Å². The van der Waals surface area contributed by atoms with Crippen molar-refractivity contribution >= 4 is 18.3 Å². The summed E-state index contributed by atoms with van der Waals surface area (Å²) in [6.45, 7) is 11.9. The normalized spacial score (nSPS) is 25.9. The zero-order valence-electron chi connectivity index (χ0n) is 19.0. The van der Waals surface area contributed by atoms with E-state index in [0.717, 1.165) is 0 Å². The number of β-amino-alcohol motifs (C(OH)–C–C–N with tert-alkyl or cyclic N) is 2. The van der Waals surface area contributed by atoms with E-state index in [1.54, 1.807) is 41.5 Å². The number of carbonyl (C=O) groups excluding carboxylic acids is 2. The first-order valence-electron chi connectivity index (χ1n) is 10.1. The number of nitrogens with one attached hydrogen (secondary N) is 3. The average Bonchev–Trinajstić information content (AvgIpc) is 3.11. The Morgan fingerprint density at radius 2 is 1.45 bits per heavy atom. The molecule has 0 aromatic carbocycles. The highest BCUT2D eigenvalue weighted by atomic mass is 16.6. The largest absolute Gasteiger partial charge is 0.465 e. The van der Waals surface area contributed by atoms with Crippen LogP contribution in [0.25, 0.3) is 0 Å². The Labute approximate surface area is 182 Å². The fourth-order valence-electron chi connectivity index (χ4n) is 2.83. The van der Waals surface area contributed by atoms with Gasteiger partial charge in [0.15, 0.2) is 0 Å². The van der Waals surface area contributed by atoms with E-state index in [0.29, 0.717) is 13.1 Å². The van der Waals surface area contributed by atoms with Crippen molar-refractivity contribution in [2.75, 3.05) is 26.2 Å². The van der Waals surface area contributed by atoms with Gasteiger partial charge in [-0.05, 0) is 41.5 Å². The summed E-state index contributed by atoms with van der Waals surface area (Å²) in [6.07, 6.45) is -3.64. The molecule has 0 aromatic heterocycles. The van der Waals surface area contributed by atoms with Gasteiger partial charge in [0.25, 0.3) is 0 Å². The number of ether oxygens (including phenoxy) is 2. The highest BCUT2D eigenvalue weighted by molar-refractivity contribution is 5.70. The monoisotopic (exact) mass is 448 g/mol. The molecule has 2 rings (SSSR count). The Bertz CT molecular complexity index is 631. The van der Waals surface area contributed by atoms with Gasteiger partial charge in [0.05, 0.1) is 30.8 Å². The standard InChI is InChI=1S/C14H26N2O5.C5H10N2O3/c1-13(2,3)20-11(18)15-9-7-16(8-10(9)17)12(19)21-14(4,5)6;8-4-2-6-1-3(4)7-5(9)10/h9-10,17H,7-8H2,1-6H3,(H,15,18);3-4,6-8H,1-2H2,(H,9,10). The second-order valence-electron chi connectivity index (χ2n) is 9.49. The second-order valence-corrected chi connectivity index (χ2v) is 9.49. The van der Waals surface area contributed by atoms with Gasteiger partial charge in [-0.25, -0.2) is 14.4 Å². The van der Waals surface area contributed by atoms with E-state index in [9.17, 15) is 19.5 Å². The number of likely N-dealkylation sites (tertiary alicyclic amines) is 1. The van der Waals surface area contributed by atoms with Crippen LogP contribution in [0.1, 0.15) is 41.5 Å². The zero-order valence-corrected chi connectivity index (χ0v) is 19.0. The molecule has 2 fully saturated rings. The fourth-order valence-corrected chi connectivity index (χ4v) is 2.83. The molecule has 4 unspecified atom stereocenters. The van der Waals surface area contributed by atoms with Gasteiger partial charge >= 0.3 is 18.3 Å². The van der Waals surface area contributed by atoms with Crippen molar-refractivity contribution in [3.05, 3.63) is 0 Å². The third kappa shape index (κ3) is 10.5. The molecule has 0 saturated carbocycles. The van der Waals surface area contributed by atoms with Crippen molar-refractivity contribution in [1.29, 1.82) is 0 Å². The fraction of sp³-hybridized carbons (Fsp3) is 0.842. The maximum absolute atomic E-state index is 11.9. The number of alkyl carbamates (subject to hydrolysis) is 1. The summed E-state index contributed by atoms with van der Waals surface area (Å²) in [5.74, 6) is 0. The summed E-state index contributed by atoms with van der Waals surface area (Å²) < 4.78 is 10.4. The predicted octanol–water partition coefficient (Wildman–Crippen LogP) is 0.0780. The summed E-state index contributed by atoms with van der Waals surface area (Å²) in [5.41, 5.74) is -1.21. The number of carbonyl (C=O) groups is 3.